The van der Waals surface area contributed by atoms with Gasteiger partial charge >= 0.3 is 0 Å². The van der Waals surface area contributed by atoms with Crippen LogP contribution in [0, 0.1) is 0 Å². The van der Waals surface area contributed by atoms with E-state index in [9.17, 15) is 4.79 Å². The van der Waals surface area contributed by atoms with Gasteiger partial charge in [0.1, 0.15) is 6.10 Å². The molecule has 2 aromatic rings. The molecule has 6 heteroatoms. The number of nitrogens with one attached hydrogen (secondary N) is 2. The summed E-state index contributed by atoms with van der Waals surface area (Å²) in [5, 5.41) is 9.74. The average Bonchev–Trinajstić information content (AvgIpc) is 3.14. The number of aromatic amines is 1. The molecular weight excluding hydrogens is 306 g/mol. The third-order valence-electron chi connectivity index (χ3n) is 4.15. The predicted molar refractivity (Wildman–Crippen MR) is 89.3 cm³/mol. The van der Waals surface area contributed by atoms with Crippen molar-refractivity contribution >= 4 is 5.91 Å². The van der Waals surface area contributed by atoms with E-state index in [1.54, 1.807) is 6.20 Å². The summed E-state index contributed by atoms with van der Waals surface area (Å²) in [6, 6.07) is 10.0. The van der Waals surface area contributed by atoms with Crippen LogP contribution in [-0.4, -0.2) is 41.5 Å². The number of carbonyl (C=O) groups is 1. The van der Waals surface area contributed by atoms with E-state index in [2.05, 4.69) is 15.5 Å². The average molecular weight is 329 g/mol. The van der Waals surface area contributed by atoms with Crippen molar-refractivity contribution in [1.29, 1.82) is 0 Å². The van der Waals surface area contributed by atoms with Crippen molar-refractivity contribution in [1.82, 2.24) is 15.5 Å². The number of hydrogen-bond acceptors (Lipinski definition) is 4. The summed E-state index contributed by atoms with van der Waals surface area (Å²) in [5.41, 5.74) is 2.15. The molecular formula is C18H23N3O3. The van der Waals surface area contributed by atoms with E-state index >= 15 is 0 Å². The fourth-order valence-electron chi connectivity index (χ4n) is 2.77. The zero-order chi connectivity index (χ0) is 16.6. The van der Waals surface area contributed by atoms with Crippen LogP contribution in [-0.2, 0) is 27.3 Å². The first-order chi connectivity index (χ1) is 11.8. The van der Waals surface area contributed by atoms with Crippen LogP contribution in [0.4, 0.5) is 0 Å². The number of aromatic nitrogens is 2. The Morgan fingerprint density at radius 2 is 2.21 bits per heavy atom. The molecule has 0 saturated carbocycles. The summed E-state index contributed by atoms with van der Waals surface area (Å²) in [6.07, 6.45) is 5.35. The van der Waals surface area contributed by atoms with Crippen LogP contribution in [0.15, 0.2) is 42.7 Å². The standard InChI is InChI=1S/C18H23N3O3/c22-18(7-6-15-10-19-20-11-15)21-16-8-9-23-13-17(16)24-12-14-4-2-1-3-5-14/h1-5,10-11,16-17H,6-9,12-13H2,(H,19,20)(H,21,22)/t16-,17-/m1/s1. The van der Waals surface area contributed by atoms with E-state index < -0.39 is 0 Å². The van der Waals surface area contributed by atoms with Gasteiger partial charge in [0, 0.05) is 19.2 Å². The van der Waals surface area contributed by atoms with Gasteiger partial charge in [-0.15, -0.1) is 0 Å². The number of aryl methyl sites for hydroxylation is 1. The Morgan fingerprint density at radius 1 is 1.33 bits per heavy atom. The summed E-state index contributed by atoms with van der Waals surface area (Å²) in [5.74, 6) is 0.0383. The number of nitrogens with zero attached hydrogens (tertiary/aromatic N) is 1. The molecule has 1 aromatic heterocycles. The maximum atomic E-state index is 12.2. The lowest BCUT2D eigenvalue weighted by atomic mass is 10.1. The van der Waals surface area contributed by atoms with Crippen LogP contribution < -0.4 is 5.32 Å². The molecule has 0 aliphatic carbocycles. The molecule has 128 valence electrons. The van der Waals surface area contributed by atoms with Gasteiger partial charge in [-0.1, -0.05) is 30.3 Å². The van der Waals surface area contributed by atoms with Crippen LogP contribution in [0.5, 0.6) is 0 Å². The maximum absolute atomic E-state index is 12.2. The van der Waals surface area contributed by atoms with E-state index in [0.717, 1.165) is 17.5 Å². The minimum atomic E-state index is -0.114. The van der Waals surface area contributed by atoms with E-state index in [1.807, 2.05) is 36.5 Å². The third kappa shape index (κ3) is 4.91. The number of benzene rings is 1. The molecule has 2 atom stereocenters. The summed E-state index contributed by atoms with van der Waals surface area (Å²) in [4.78, 5) is 12.2. The number of amides is 1. The second-order valence-electron chi connectivity index (χ2n) is 5.98. The van der Waals surface area contributed by atoms with Gasteiger partial charge in [0.05, 0.1) is 25.5 Å². The molecule has 1 aromatic carbocycles. The monoisotopic (exact) mass is 329 g/mol. The lowest BCUT2D eigenvalue weighted by molar-refractivity contribution is -0.126. The fraction of sp³-hybridized carbons (Fsp3) is 0.444. The number of H-pyrrole nitrogens is 1. The molecule has 1 amide bonds. The Morgan fingerprint density at radius 3 is 3.00 bits per heavy atom. The number of ether oxygens (including phenoxy) is 2. The van der Waals surface area contributed by atoms with Gasteiger partial charge in [-0.2, -0.15) is 5.10 Å². The van der Waals surface area contributed by atoms with E-state index in [0.29, 0.717) is 32.7 Å². The lowest BCUT2D eigenvalue weighted by Crippen LogP contribution is -2.50. The molecule has 2 N–H and O–H groups in total. The highest BCUT2D eigenvalue weighted by molar-refractivity contribution is 5.76. The van der Waals surface area contributed by atoms with Gasteiger partial charge in [-0.05, 0) is 24.0 Å². The number of hydrogen-bond donors (Lipinski definition) is 2. The first kappa shape index (κ1) is 16.7. The summed E-state index contributed by atoms with van der Waals surface area (Å²) < 4.78 is 11.5. The van der Waals surface area contributed by atoms with Gasteiger partial charge in [-0.3, -0.25) is 9.89 Å². The van der Waals surface area contributed by atoms with E-state index in [-0.39, 0.29) is 18.1 Å². The highest BCUT2D eigenvalue weighted by Gasteiger charge is 2.27. The van der Waals surface area contributed by atoms with Crippen LogP contribution in [0.25, 0.3) is 0 Å². The Balaban J connectivity index is 1.47. The third-order valence-corrected chi connectivity index (χ3v) is 4.15. The van der Waals surface area contributed by atoms with Gasteiger partial charge in [0.2, 0.25) is 5.91 Å². The summed E-state index contributed by atoms with van der Waals surface area (Å²) in [6.45, 7) is 1.69. The molecule has 0 bridgehead atoms. The lowest BCUT2D eigenvalue weighted by Gasteiger charge is -2.32. The second kappa shape index (κ2) is 8.61. The number of carbonyl (C=O) groups excluding carboxylic acids is 1. The molecule has 1 aliphatic rings. The molecule has 1 aliphatic heterocycles. The van der Waals surface area contributed by atoms with Crippen molar-refractivity contribution in [3.63, 3.8) is 0 Å². The van der Waals surface area contributed by atoms with Gasteiger partial charge in [-0.25, -0.2) is 0 Å². The summed E-state index contributed by atoms with van der Waals surface area (Å²) in [7, 11) is 0. The first-order valence-electron chi connectivity index (χ1n) is 8.31. The molecule has 2 heterocycles. The van der Waals surface area contributed by atoms with Crippen LogP contribution in [0.2, 0.25) is 0 Å². The van der Waals surface area contributed by atoms with Crippen LogP contribution >= 0.6 is 0 Å². The minimum Gasteiger partial charge on any atom is -0.379 e. The summed E-state index contributed by atoms with van der Waals surface area (Å²) >= 11 is 0. The van der Waals surface area contributed by atoms with Crippen molar-refractivity contribution in [2.45, 2.75) is 38.0 Å². The van der Waals surface area contributed by atoms with E-state index in [4.69, 9.17) is 9.47 Å². The smallest absolute Gasteiger partial charge is 0.220 e. The Bertz CT molecular complexity index is 616. The molecule has 0 spiro atoms. The van der Waals surface area contributed by atoms with Gasteiger partial charge < -0.3 is 14.8 Å². The Labute approximate surface area is 141 Å². The van der Waals surface area contributed by atoms with E-state index in [1.165, 1.54) is 0 Å². The highest BCUT2D eigenvalue weighted by Crippen LogP contribution is 2.14. The molecule has 3 rings (SSSR count). The Kier molecular flexibility index (Phi) is 5.98. The SMILES string of the molecule is O=C(CCc1cn[nH]c1)N[C@@H]1CCOC[C@H]1OCc1ccccc1. The zero-order valence-electron chi connectivity index (χ0n) is 13.6. The van der Waals surface area contributed by atoms with Crippen molar-refractivity contribution in [2.75, 3.05) is 13.2 Å². The molecule has 1 saturated heterocycles. The van der Waals surface area contributed by atoms with Crippen molar-refractivity contribution < 1.29 is 14.3 Å². The topological polar surface area (TPSA) is 76.2 Å². The number of rotatable bonds is 7. The molecule has 1 fully saturated rings. The predicted octanol–water partition coefficient (Wildman–Crippen LogP) is 1.83. The normalized spacial score (nSPS) is 20.7. The Hall–Kier alpha value is -2.18. The fourth-order valence-corrected chi connectivity index (χ4v) is 2.77. The zero-order valence-corrected chi connectivity index (χ0v) is 13.6. The highest BCUT2D eigenvalue weighted by atomic mass is 16.5. The van der Waals surface area contributed by atoms with Gasteiger partial charge in [0.15, 0.2) is 0 Å². The molecule has 0 radical (unpaired) electrons. The van der Waals surface area contributed by atoms with Crippen molar-refractivity contribution in [3.8, 4) is 0 Å². The largest absolute Gasteiger partial charge is 0.379 e. The quantitative estimate of drug-likeness (QED) is 0.812. The maximum Gasteiger partial charge on any atom is 0.220 e. The molecule has 6 nitrogen and oxygen atoms in total. The molecule has 0 unspecified atom stereocenters. The minimum absolute atomic E-state index is 0.000637. The molecule has 24 heavy (non-hydrogen) atoms. The second-order valence-corrected chi connectivity index (χ2v) is 5.98. The van der Waals surface area contributed by atoms with Crippen LogP contribution in [0.3, 0.4) is 0 Å². The first-order valence-corrected chi connectivity index (χ1v) is 8.31. The van der Waals surface area contributed by atoms with Gasteiger partial charge in [0.25, 0.3) is 0 Å². The van der Waals surface area contributed by atoms with Crippen LogP contribution in [0.1, 0.15) is 24.0 Å². The van der Waals surface area contributed by atoms with Crippen molar-refractivity contribution in [3.05, 3.63) is 53.9 Å². The van der Waals surface area contributed by atoms with Crippen molar-refractivity contribution in [2.24, 2.45) is 0 Å².